The van der Waals surface area contributed by atoms with Gasteiger partial charge >= 0.3 is 0 Å². The van der Waals surface area contributed by atoms with Gasteiger partial charge in [0.1, 0.15) is 0 Å². The Hall–Kier alpha value is -0.0400. The van der Waals surface area contributed by atoms with Crippen LogP contribution in [0.2, 0.25) is 0 Å². The minimum Gasteiger partial charge on any atom is -0.303 e. The van der Waals surface area contributed by atoms with Crippen LogP contribution < -0.4 is 0 Å². The Morgan fingerprint density at radius 3 is 0.919 bits per heavy atom. The number of rotatable bonds is 32. The second-order valence-corrected chi connectivity index (χ2v) is 12.5. The molecule has 0 aromatic carbocycles. The van der Waals surface area contributed by atoms with Crippen molar-refractivity contribution >= 4 is 0 Å². The van der Waals surface area contributed by atoms with Crippen molar-refractivity contribution in [2.45, 2.75) is 207 Å². The summed E-state index contributed by atoms with van der Waals surface area (Å²) in [7, 11) is 0. The summed E-state index contributed by atoms with van der Waals surface area (Å²) < 4.78 is 0. The standard InChI is InChI=1S/C36H75N/c1-5-9-13-16-20-25-30-36(31-26-21-17-14-10-6-2)32-27-22-19-24-29-35-37(33-12-8-4)34-28-23-18-15-11-7-3/h36H,5-35H2,1-4H3. The van der Waals surface area contributed by atoms with Gasteiger partial charge in [-0.2, -0.15) is 0 Å². The lowest BCUT2D eigenvalue weighted by atomic mass is 9.89. The van der Waals surface area contributed by atoms with E-state index in [1.807, 2.05) is 0 Å². The molecule has 0 saturated heterocycles. The van der Waals surface area contributed by atoms with Crippen molar-refractivity contribution in [3.63, 3.8) is 0 Å². The molecular formula is C36H75N. The fraction of sp³-hybridized carbons (Fsp3) is 1.00. The molecule has 0 saturated carbocycles. The molecule has 37 heavy (non-hydrogen) atoms. The van der Waals surface area contributed by atoms with E-state index in [1.54, 1.807) is 0 Å². The summed E-state index contributed by atoms with van der Waals surface area (Å²) in [5.74, 6) is 1.03. The van der Waals surface area contributed by atoms with Gasteiger partial charge in [0.15, 0.2) is 0 Å². The van der Waals surface area contributed by atoms with Crippen molar-refractivity contribution in [2.24, 2.45) is 5.92 Å². The molecule has 0 aromatic heterocycles. The third kappa shape index (κ3) is 28.8. The van der Waals surface area contributed by atoms with Crippen LogP contribution in [0.3, 0.4) is 0 Å². The molecule has 1 heteroatoms. The quantitative estimate of drug-likeness (QED) is 0.0795. The van der Waals surface area contributed by atoms with Gasteiger partial charge in [-0.05, 0) is 44.8 Å². The molecule has 1 nitrogen and oxygen atoms in total. The minimum absolute atomic E-state index is 1.03. The first-order valence-corrected chi connectivity index (χ1v) is 18.0. The van der Waals surface area contributed by atoms with Gasteiger partial charge in [-0.3, -0.25) is 0 Å². The summed E-state index contributed by atoms with van der Waals surface area (Å²) in [6.45, 7) is 13.4. The van der Waals surface area contributed by atoms with E-state index in [4.69, 9.17) is 0 Å². The van der Waals surface area contributed by atoms with Crippen LogP contribution in [-0.4, -0.2) is 24.5 Å². The molecule has 0 radical (unpaired) electrons. The van der Waals surface area contributed by atoms with Crippen LogP contribution >= 0.6 is 0 Å². The maximum atomic E-state index is 2.79. The molecule has 0 spiro atoms. The van der Waals surface area contributed by atoms with Crippen LogP contribution in [0.15, 0.2) is 0 Å². The van der Waals surface area contributed by atoms with Gasteiger partial charge in [0.05, 0.1) is 0 Å². The zero-order chi connectivity index (χ0) is 27.1. The molecule has 0 amide bonds. The van der Waals surface area contributed by atoms with E-state index in [-0.39, 0.29) is 0 Å². The highest BCUT2D eigenvalue weighted by Crippen LogP contribution is 2.24. The maximum absolute atomic E-state index is 2.79. The Kier molecular flexibility index (Phi) is 32.1. The van der Waals surface area contributed by atoms with Gasteiger partial charge in [-0.1, -0.05) is 188 Å². The number of unbranched alkanes of at least 4 members (excludes halogenated alkanes) is 20. The first-order chi connectivity index (χ1) is 18.3. The first-order valence-electron chi connectivity index (χ1n) is 18.0. The molecule has 0 unspecified atom stereocenters. The summed E-state index contributed by atoms with van der Waals surface area (Å²) in [6.07, 6.45) is 40.7. The topological polar surface area (TPSA) is 3.24 Å². The van der Waals surface area contributed by atoms with Crippen molar-refractivity contribution in [3.05, 3.63) is 0 Å². The monoisotopic (exact) mass is 522 g/mol. The third-order valence-electron chi connectivity index (χ3n) is 8.67. The molecular weight excluding hydrogens is 446 g/mol. The predicted molar refractivity (Wildman–Crippen MR) is 172 cm³/mol. The van der Waals surface area contributed by atoms with E-state index in [2.05, 4.69) is 32.6 Å². The normalized spacial score (nSPS) is 11.8. The molecule has 0 atom stereocenters. The Balaban J connectivity index is 4.02. The summed E-state index contributed by atoms with van der Waals surface area (Å²) >= 11 is 0. The van der Waals surface area contributed by atoms with Gasteiger partial charge in [0, 0.05) is 0 Å². The highest BCUT2D eigenvalue weighted by molar-refractivity contribution is 4.63. The summed E-state index contributed by atoms with van der Waals surface area (Å²) in [6, 6.07) is 0. The zero-order valence-electron chi connectivity index (χ0n) is 26.9. The Morgan fingerprint density at radius 2 is 0.568 bits per heavy atom. The van der Waals surface area contributed by atoms with Gasteiger partial charge in [-0.15, -0.1) is 0 Å². The maximum Gasteiger partial charge on any atom is -0.00187 e. The molecule has 224 valence electrons. The highest BCUT2D eigenvalue weighted by atomic mass is 15.1. The first kappa shape index (κ1) is 37.0. The number of hydrogen-bond donors (Lipinski definition) is 0. The van der Waals surface area contributed by atoms with Crippen LogP contribution in [0.1, 0.15) is 207 Å². The molecule has 0 fully saturated rings. The predicted octanol–water partition coefficient (Wildman–Crippen LogP) is 12.9. The van der Waals surface area contributed by atoms with Crippen LogP contribution in [0.5, 0.6) is 0 Å². The van der Waals surface area contributed by atoms with Gasteiger partial charge in [0.2, 0.25) is 0 Å². The Bertz CT molecular complexity index is 376. The van der Waals surface area contributed by atoms with Crippen molar-refractivity contribution in [1.82, 2.24) is 4.90 Å². The second-order valence-electron chi connectivity index (χ2n) is 12.5. The average molecular weight is 522 g/mol. The van der Waals surface area contributed by atoms with Crippen LogP contribution in [0.25, 0.3) is 0 Å². The molecule has 0 aliphatic heterocycles. The van der Waals surface area contributed by atoms with E-state index in [0.717, 1.165) is 5.92 Å². The van der Waals surface area contributed by atoms with Crippen LogP contribution in [0.4, 0.5) is 0 Å². The van der Waals surface area contributed by atoms with E-state index >= 15 is 0 Å². The minimum atomic E-state index is 1.03. The zero-order valence-corrected chi connectivity index (χ0v) is 26.9. The fourth-order valence-corrected chi connectivity index (χ4v) is 5.99. The van der Waals surface area contributed by atoms with E-state index in [1.165, 1.54) is 199 Å². The SMILES string of the molecule is CCCCCCCCC(CCCCCCCC)CCCCCCCN(CCCC)CCCCCCCC. The molecule has 0 heterocycles. The van der Waals surface area contributed by atoms with E-state index < -0.39 is 0 Å². The summed E-state index contributed by atoms with van der Waals surface area (Å²) in [5.41, 5.74) is 0. The van der Waals surface area contributed by atoms with Crippen molar-refractivity contribution in [3.8, 4) is 0 Å². The molecule has 0 aromatic rings. The lowest BCUT2D eigenvalue weighted by Crippen LogP contribution is -2.27. The fourth-order valence-electron chi connectivity index (χ4n) is 5.99. The lowest BCUT2D eigenvalue weighted by Gasteiger charge is -2.22. The molecule has 0 N–H and O–H groups in total. The van der Waals surface area contributed by atoms with Crippen LogP contribution in [0, 0.1) is 5.92 Å². The molecule has 0 rings (SSSR count). The third-order valence-corrected chi connectivity index (χ3v) is 8.67. The van der Waals surface area contributed by atoms with Crippen LogP contribution in [-0.2, 0) is 0 Å². The Morgan fingerprint density at radius 1 is 0.297 bits per heavy atom. The van der Waals surface area contributed by atoms with E-state index in [9.17, 15) is 0 Å². The van der Waals surface area contributed by atoms with Crippen molar-refractivity contribution < 1.29 is 0 Å². The highest BCUT2D eigenvalue weighted by Gasteiger charge is 2.09. The lowest BCUT2D eigenvalue weighted by molar-refractivity contribution is 0.256. The molecule has 0 bridgehead atoms. The smallest absolute Gasteiger partial charge is 0.00187 e. The van der Waals surface area contributed by atoms with Gasteiger partial charge in [0.25, 0.3) is 0 Å². The average Bonchev–Trinajstić information content (AvgIpc) is 2.91. The van der Waals surface area contributed by atoms with E-state index in [0.29, 0.717) is 0 Å². The summed E-state index contributed by atoms with van der Waals surface area (Å²) in [4.78, 5) is 2.79. The van der Waals surface area contributed by atoms with Gasteiger partial charge < -0.3 is 4.90 Å². The number of nitrogens with zero attached hydrogens (tertiary/aromatic N) is 1. The molecule has 0 aliphatic carbocycles. The molecule has 0 aliphatic rings. The largest absolute Gasteiger partial charge is 0.303 e. The summed E-state index contributed by atoms with van der Waals surface area (Å²) in [5, 5.41) is 0. The number of hydrogen-bond acceptors (Lipinski definition) is 1. The second kappa shape index (κ2) is 32.2. The Labute approximate surface area is 237 Å². The van der Waals surface area contributed by atoms with Gasteiger partial charge in [-0.25, -0.2) is 0 Å². The van der Waals surface area contributed by atoms with Crippen molar-refractivity contribution in [1.29, 1.82) is 0 Å². The van der Waals surface area contributed by atoms with Crippen molar-refractivity contribution in [2.75, 3.05) is 19.6 Å².